The van der Waals surface area contributed by atoms with Gasteiger partial charge in [0.05, 0.1) is 23.7 Å². The Hall–Kier alpha value is -1.33. The molecule has 0 radical (unpaired) electrons. The molecule has 2 unspecified atom stereocenters. The number of nitrogens with one attached hydrogen (secondary N) is 1. The van der Waals surface area contributed by atoms with Gasteiger partial charge in [-0.2, -0.15) is 0 Å². The molecule has 0 aliphatic carbocycles. The number of hydrogen-bond donors (Lipinski definition) is 2. The topological polar surface area (TPSA) is 52.6 Å². The van der Waals surface area contributed by atoms with Gasteiger partial charge in [-0.1, -0.05) is 17.7 Å². The Morgan fingerprint density at radius 2 is 2.40 bits per heavy atom. The lowest BCUT2D eigenvalue weighted by atomic mass is 10.1. The van der Waals surface area contributed by atoms with Gasteiger partial charge >= 0.3 is 6.03 Å². The van der Waals surface area contributed by atoms with Crippen molar-refractivity contribution < 1.29 is 14.3 Å². The highest BCUT2D eigenvalue weighted by atomic mass is 35.5. The van der Waals surface area contributed by atoms with E-state index in [4.69, 9.17) is 11.6 Å². The fraction of sp³-hybridized carbons (Fsp3) is 0.500. The van der Waals surface area contributed by atoms with Gasteiger partial charge in [0.15, 0.2) is 0 Å². The number of urea groups is 1. The first-order valence-electron chi connectivity index (χ1n) is 6.66. The molecular weight excluding hydrogens is 283 g/mol. The first-order chi connectivity index (χ1) is 9.52. The minimum Gasteiger partial charge on any atom is -0.394 e. The molecule has 0 aromatic heterocycles. The Morgan fingerprint density at radius 3 is 3.05 bits per heavy atom. The van der Waals surface area contributed by atoms with Crippen molar-refractivity contribution in [1.82, 2.24) is 10.2 Å². The van der Waals surface area contributed by atoms with Crippen LogP contribution in [0.5, 0.6) is 0 Å². The van der Waals surface area contributed by atoms with E-state index in [1.807, 2.05) is 6.92 Å². The third-order valence-corrected chi connectivity index (χ3v) is 3.92. The number of aliphatic hydroxyl groups is 1. The number of halogens is 2. The van der Waals surface area contributed by atoms with Crippen LogP contribution in [-0.2, 0) is 0 Å². The normalized spacial score (nSPS) is 20.0. The molecule has 2 rings (SSSR count). The number of carbonyl (C=O) groups is 1. The van der Waals surface area contributed by atoms with Crippen molar-refractivity contribution in [3.8, 4) is 0 Å². The quantitative estimate of drug-likeness (QED) is 0.902. The van der Waals surface area contributed by atoms with Crippen LogP contribution in [-0.4, -0.2) is 35.2 Å². The van der Waals surface area contributed by atoms with E-state index >= 15 is 0 Å². The maximum Gasteiger partial charge on any atom is 0.318 e. The lowest BCUT2D eigenvalue weighted by Gasteiger charge is -2.25. The molecule has 1 aliphatic rings. The Bertz CT molecular complexity index is 498. The Balaban J connectivity index is 2.01. The summed E-state index contributed by atoms with van der Waals surface area (Å²) in [6, 6.07) is 3.79. The summed E-state index contributed by atoms with van der Waals surface area (Å²) in [5.74, 6) is -0.478. The van der Waals surface area contributed by atoms with Crippen molar-refractivity contribution in [3.05, 3.63) is 34.6 Å². The summed E-state index contributed by atoms with van der Waals surface area (Å²) in [4.78, 5) is 13.8. The Morgan fingerprint density at radius 1 is 1.65 bits per heavy atom. The molecular formula is C14H18ClFN2O2. The maximum absolute atomic E-state index is 13.1. The van der Waals surface area contributed by atoms with Gasteiger partial charge in [0.1, 0.15) is 5.82 Å². The van der Waals surface area contributed by atoms with Crippen LogP contribution in [0, 0.1) is 5.82 Å². The number of hydrogen-bond acceptors (Lipinski definition) is 2. The van der Waals surface area contributed by atoms with Gasteiger partial charge in [-0.15, -0.1) is 0 Å². The minimum absolute atomic E-state index is 0.0236. The van der Waals surface area contributed by atoms with Crippen molar-refractivity contribution in [2.24, 2.45) is 0 Å². The second kappa shape index (κ2) is 6.41. The minimum atomic E-state index is -0.478. The van der Waals surface area contributed by atoms with E-state index in [-0.39, 0.29) is 29.7 Å². The lowest BCUT2D eigenvalue weighted by Crippen LogP contribution is -2.44. The van der Waals surface area contributed by atoms with Crippen LogP contribution in [0.1, 0.15) is 31.4 Å². The van der Waals surface area contributed by atoms with Crippen LogP contribution < -0.4 is 5.32 Å². The van der Waals surface area contributed by atoms with Crippen molar-refractivity contribution in [1.29, 1.82) is 0 Å². The number of carbonyl (C=O) groups excluding carboxylic acids is 1. The molecule has 1 aromatic carbocycles. The lowest BCUT2D eigenvalue weighted by molar-refractivity contribution is 0.155. The van der Waals surface area contributed by atoms with Gasteiger partial charge in [-0.3, -0.25) is 0 Å². The SMILES string of the molecule is CC(NC(=O)N1CCCC1CO)c1ccc(F)c(Cl)c1. The van der Waals surface area contributed by atoms with Gasteiger partial charge in [0.2, 0.25) is 0 Å². The maximum atomic E-state index is 13.1. The smallest absolute Gasteiger partial charge is 0.318 e. The molecule has 2 N–H and O–H groups in total. The molecule has 1 saturated heterocycles. The number of benzene rings is 1. The van der Waals surface area contributed by atoms with Crippen LogP contribution in [0.3, 0.4) is 0 Å². The molecule has 2 amide bonds. The highest BCUT2D eigenvalue weighted by Gasteiger charge is 2.28. The molecule has 4 nitrogen and oxygen atoms in total. The molecule has 0 saturated carbocycles. The number of rotatable bonds is 3. The molecule has 6 heteroatoms. The monoisotopic (exact) mass is 300 g/mol. The molecule has 20 heavy (non-hydrogen) atoms. The molecule has 1 aliphatic heterocycles. The second-order valence-corrected chi connectivity index (χ2v) is 5.42. The molecule has 0 bridgehead atoms. The predicted molar refractivity (Wildman–Crippen MR) is 75.2 cm³/mol. The van der Waals surface area contributed by atoms with Crippen molar-refractivity contribution in [3.63, 3.8) is 0 Å². The number of likely N-dealkylation sites (tertiary alicyclic amines) is 1. The van der Waals surface area contributed by atoms with E-state index < -0.39 is 5.82 Å². The third kappa shape index (κ3) is 3.22. The Labute approximate surface area is 122 Å². The van der Waals surface area contributed by atoms with E-state index in [2.05, 4.69) is 5.32 Å². The zero-order chi connectivity index (χ0) is 14.7. The zero-order valence-electron chi connectivity index (χ0n) is 11.3. The van der Waals surface area contributed by atoms with Crippen LogP contribution in [0.2, 0.25) is 5.02 Å². The third-order valence-electron chi connectivity index (χ3n) is 3.63. The average molecular weight is 301 g/mol. The van der Waals surface area contributed by atoms with Gasteiger partial charge in [-0.25, -0.2) is 9.18 Å². The van der Waals surface area contributed by atoms with Crippen molar-refractivity contribution in [2.45, 2.75) is 31.8 Å². The summed E-state index contributed by atoms with van der Waals surface area (Å²) in [6.45, 7) is 2.43. The summed E-state index contributed by atoms with van der Waals surface area (Å²) in [7, 11) is 0. The fourth-order valence-corrected chi connectivity index (χ4v) is 2.62. The average Bonchev–Trinajstić information content (AvgIpc) is 2.90. The summed E-state index contributed by atoms with van der Waals surface area (Å²) in [5, 5.41) is 12.1. The van der Waals surface area contributed by atoms with E-state index in [0.29, 0.717) is 6.54 Å². The molecule has 1 fully saturated rings. The van der Waals surface area contributed by atoms with Gasteiger partial charge in [0, 0.05) is 6.54 Å². The van der Waals surface area contributed by atoms with E-state index in [9.17, 15) is 14.3 Å². The fourth-order valence-electron chi connectivity index (χ4n) is 2.43. The van der Waals surface area contributed by atoms with Crippen LogP contribution >= 0.6 is 11.6 Å². The highest BCUT2D eigenvalue weighted by molar-refractivity contribution is 6.30. The standard InChI is InChI=1S/C14H18ClFN2O2/c1-9(10-4-5-13(16)12(15)7-10)17-14(20)18-6-2-3-11(18)8-19/h4-5,7,9,11,19H,2-3,6,8H2,1H3,(H,17,20). The first-order valence-corrected chi connectivity index (χ1v) is 7.03. The number of amides is 2. The van der Waals surface area contributed by atoms with E-state index in [0.717, 1.165) is 18.4 Å². The summed E-state index contributed by atoms with van der Waals surface area (Å²) >= 11 is 5.74. The molecule has 1 aromatic rings. The van der Waals surface area contributed by atoms with E-state index in [1.165, 1.54) is 12.1 Å². The molecule has 110 valence electrons. The van der Waals surface area contributed by atoms with Crippen LogP contribution in [0.25, 0.3) is 0 Å². The molecule has 1 heterocycles. The number of nitrogens with zero attached hydrogens (tertiary/aromatic N) is 1. The van der Waals surface area contributed by atoms with E-state index in [1.54, 1.807) is 11.0 Å². The second-order valence-electron chi connectivity index (χ2n) is 5.02. The van der Waals surface area contributed by atoms with Gasteiger partial charge in [0.25, 0.3) is 0 Å². The van der Waals surface area contributed by atoms with Crippen molar-refractivity contribution in [2.75, 3.05) is 13.2 Å². The van der Waals surface area contributed by atoms with Gasteiger partial charge in [-0.05, 0) is 37.5 Å². The van der Waals surface area contributed by atoms with Crippen molar-refractivity contribution >= 4 is 17.6 Å². The van der Waals surface area contributed by atoms with Crippen LogP contribution in [0.15, 0.2) is 18.2 Å². The predicted octanol–water partition coefficient (Wildman–Crippen LogP) is 2.71. The summed E-state index contributed by atoms with van der Waals surface area (Å²) in [5.41, 5.74) is 0.740. The summed E-state index contributed by atoms with van der Waals surface area (Å²) in [6.07, 6.45) is 1.72. The van der Waals surface area contributed by atoms with Gasteiger partial charge < -0.3 is 15.3 Å². The van der Waals surface area contributed by atoms with Crippen LogP contribution in [0.4, 0.5) is 9.18 Å². The first kappa shape index (κ1) is 15.1. The number of aliphatic hydroxyl groups excluding tert-OH is 1. The molecule has 2 atom stereocenters. The Kier molecular flexibility index (Phi) is 4.83. The highest BCUT2D eigenvalue weighted by Crippen LogP contribution is 2.22. The summed E-state index contributed by atoms with van der Waals surface area (Å²) < 4.78 is 13.1. The largest absolute Gasteiger partial charge is 0.394 e. The molecule has 0 spiro atoms. The zero-order valence-corrected chi connectivity index (χ0v) is 12.0.